The molecule has 0 aromatic carbocycles. The van der Waals surface area contributed by atoms with Crippen molar-refractivity contribution < 1.29 is 14.0 Å². The quantitative estimate of drug-likeness (QED) is 0.793. The van der Waals surface area contributed by atoms with Crippen LogP contribution in [0.15, 0.2) is 46.1 Å². The van der Waals surface area contributed by atoms with E-state index in [2.05, 4.69) is 0 Å². The van der Waals surface area contributed by atoms with Crippen molar-refractivity contribution in [2.24, 2.45) is 10.9 Å². The minimum Gasteiger partial charge on any atom is -0.459 e. The van der Waals surface area contributed by atoms with Crippen molar-refractivity contribution >= 4 is 11.8 Å². The number of likely N-dealkylation sites (tertiary alicyclic amines) is 1. The van der Waals surface area contributed by atoms with E-state index >= 15 is 0 Å². The third-order valence-corrected chi connectivity index (χ3v) is 6.08. The maximum atomic E-state index is 13.3. The molecule has 6 heteroatoms. The number of hydrogen-bond donors (Lipinski definition) is 0. The van der Waals surface area contributed by atoms with E-state index < -0.39 is 0 Å². The molecule has 2 aliphatic rings. The molecule has 3 heterocycles. The number of aromatic nitrogens is 1. The van der Waals surface area contributed by atoms with Gasteiger partial charge >= 0.3 is 0 Å². The third-order valence-electron chi connectivity index (χ3n) is 6.08. The SMILES string of the molecule is Cc1ccn(C(=O)C2CCN(C(=O)c3ccco3)CC2)c(=NC2CCCCC2)c1. The first kappa shape index (κ1) is 19.7. The van der Waals surface area contributed by atoms with Gasteiger partial charge in [0.1, 0.15) is 5.49 Å². The lowest BCUT2D eigenvalue weighted by molar-refractivity contribution is 0.0597. The van der Waals surface area contributed by atoms with E-state index in [1.807, 2.05) is 25.3 Å². The first-order valence-corrected chi connectivity index (χ1v) is 10.7. The molecule has 1 saturated heterocycles. The van der Waals surface area contributed by atoms with Gasteiger partial charge in [0.15, 0.2) is 5.76 Å². The van der Waals surface area contributed by atoms with Crippen molar-refractivity contribution in [3.8, 4) is 0 Å². The van der Waals surface area contributed by atoms with Crippen molar-refractivity contribution in [2.45, 2.75) is 57.9 Å². The average Bonchev–Trinajstić information content (AvgIpc) is 3.29. The van der Waals surface area contributed by atoms with Crippen LogP contribution in [0.3, 0.4) is 0 Å². The molecule has 0 N–H and O–H groups in total. The van der Waals surface area contributed by atoms with Crippen LogP contribution in [0.5, 0.6) is 0 Å². The molecule has 29 heavy (non-hydrogen) atoms. The average molecular weight is 396 g/mol. The Balaban J connectivity index is 1.47. The van der Waals surface area contributed by atoms with E-state index in [0.717, 1.165) is 23.9 Å². The summed E-state index contributed by atoms with van der Waals surface area (Å²) in [4.78, 5) is 32.4. The highest BCUT2D eigenvalue weighted by atomic mass is 16.3. The fraction of sp³-hybridized carbons (Fsp3) is 0.522. The zero-order valence-electron chi connectivity index (χ0n) is 17.0. The topological polar surface area (TPSA) is 67.8 Å². The van der Waals surface area contributed by atoms with E-state index in [0.29, 0.717) is 37.7 Å². The minimum absolute atomic E-state index is 0.0876. The summed E-state index contributed by atoms with van der Waals surface area (Å²) in [5.74, 6) is 0.251. The van der Waals surface area contributed by atoms with Gasteiger partial charge in [-0.05, 0) is 62.4 Å². The zero-order chi connectivity index (χ0) is 20.2. The molecule has 6 nitrogen and oxygen atoms in total. The summed E-state index contributed by atoms with van der Waals surface area (Å²) in [7, 11) is 0. The number of rotatable bonds is 3. The molecule has 0 atom stereocenters. The zero-order valence-corrected chi connectivity index (χ0v) is 17.0. The molecule has 4 rings (SSSR count). The number of nitrogens with zero attached hydrogens (tertiary/aromatic N) is 3. The summed E-state index contributed by atoms with van der Waals surface area (Å²) in [6, 6.07) is 7.70. The Morgan fingerprint density at radius 2 is 1.83 bits per heavy atom. The van der Waals surface area contributed by atoms with Crippen molar-refractivity contribution in [3.05, 3.63) is 53.5 Å². The summed E-state index contributed by atoms with van der Waals surface area (Å²) in [5.41, 5.74) is 1.89. The normalized spacial score (nSPS) is 19.5. The molecule has 0 radical (unpaired) electrons. The van der Waals surface area contributed by atoms with Gasteiger partial charge in [-0.1, -0.05) is 19.3 Å². The summed E-state index contributed by atoms with van der Waals surface area (Å²) in [5, 5.41) is 0. The van der Waals surface area contributed by atoms with Gasteiger partial charge in [-0.25, -0.2) is 0 Å². The molecule has 1 aliphatic heterocycles. The third kappa shape index (κ3) is 4.52. The molecule has 0 spiro atoms. The van der Waals surface area contributed by atoms with Crippen LogP contribution in [-0.4, -0.2) is 40.4 Å². The van der Waals surface area contributed by atoms with Crippen LogP contribution in [0.1, 0.15) is 65.9 Å². The van der Waals surface area contributed by atoms with Gasteiger partial charge in [-0.2, -0.15) is 0 Å². The number of carbonyl (C=O) groups excluding carboxylic acids is 2. The second-order valence-electron chi connectivity index (χ2n) is 8.24. The van der Waals surface area contributed by atoms with E-state index in [9.17, 15) is 9.59 Å². The largest absolute Gasteiger partial charge is 0.459 e. The molecule has 2 aromatic heterocycles. The summed E-state index contributed by atoms with van der Waals surface area (Å²) < 4.78 is 6.95. The first-order valence-electron chi connectivity index (χ1n) is 10.7. The molecule has 2 fully saturated rings. The highest BCUT2D eigenvalue weighted by Gasteiger charge is 2.29. The van der Waals surface area contributed by atoms with Crippen LogP contribution >= 0.6 is 0 Å². The van der Waals surface area contributed by atoms with Gasteiger partial charge in [0.05, 0.1) is 12.3 Å². The van der Waals surface area contributed by atoms with Crippen LogP contribution in [0, 0.1) is 12.8 Å². The van der Waals surface area contributed by atoms with E-state index in [1.54, 1.807) is 21.6 Å². The number of hydrogen-bond acceptors (Lipinski definition) is 4. The molecular formula is C23H29N3O3. The van der Waals surface area contributed by atoms with Gasteiger partial charge in [-0.15, -0.1) is 0 Å². The Bertz CT molecular complexity index is 915. The molecule has 1 aliphatic carbocycles. The Morgan fingerprint density at radius 3 is 2.52 bits per heavy atom. The Morgan fingerprint density at radius 1 is 1.07 bits per heavy atom. The fourth-order valence-electron chi connectivity index (χ4n) is 4.36. The number of carbonyl (C=O) groups is 2. The van der Waals surface area contributed by atoms with E-state index in [-0.39, 0.29) is 17.7 Å². The Kier molecular flexibility index (Phi) is 5.97. The molecule has 2 aromatic rings. The molecule has 0 bridgehead atoms. The van der Waals surface area contributed by atoms with E-state index in [4.69, 9.17) is 9.41 Å². The molecule has 1 amide bonds. The van der Waals surface area contributed by atoms with Crippen LogP contribution in [0.2, 0.25) is 0 Å². The van der Waals surface area contributed by atoms with Gasteiger partial charge < -0.3 is 9.32 Å². The predicted octanol–water partition coefficient (Wildman–Crippen LogP) is 3.82. The van der Waals surface area contributed by atoms with Crippen molar-refractivity contribution in [3.63, 3.8) is 0 Å². The van der Waals surface area contributed by atoms with Gasteiger partial charge in [-0.3, -0.25) is 19.1 Å². The van der Waals surface area contributed by atoms with Gasteiger partial charge in [0, 0.05) is 25.2 Å². The molecule has 154 valence electrons. The second kappa shape index (κ2) is 8.80. The molecule has 0 unspecified atom stereocenters. The van der Waals surface area contributed by atoms with Crippen molar-refractivity contribution in [1.82, 2.24) is 9.47 Å². The second-order valence-corrected chi connectivity index (χ2v) is 8.24. The van der Waals surface area contributed by atoms with Gasteiger partial charge in [0.2, 0.25) is 5.91 Å². The highest BCUT2D eigenvalue weighted by Crippen LogP contribution is 2.22. The Hall–Kier alpha value is -2.63. The summed E-state index contributed by atoms with van der Waals surface area (Å²) in [6.07, 6.45) is 10.6. The fourth-order valence-corrected chi connectivity index (χ4v) is 4.36. The van der Waals surface area contributed by atoms with Crippen LogP contribution in [-0.2, 0) is 0 Å². The number of aryl methyl sites for hydroxylation is 1. The first-order chi connectivity index (χ1) is 14.1. The standard InChI is InChI=1S/C23H29N3O3/c1-17-9-14-26(21(16-17)24-19-6-3-2-4-7-19)22(27)18-10-12-25(13-11-18)23(28)20-8-5-15-29-20/h5,8-9,14-16,18-19H,2-4,6-7,10-13H2,1H3. The minimum atomic E-state index is -0.100. The number of pyridine rings is 1. The number of furan rings is 1. The van der Waals surface area contributed by atoms with Crippen LogP contribution in [0.25, 0.3) is 0 Å². The predicted molar refractivity (Wildman–Crippen MR) is 110 cm³/mol. The van der Waals surface area contributed by atoms with Crippen molar-refractivity contribution in [1.29, 1.82) is 0 Å². The monoisotopic (exact) mass is 395 g/mol. The van der Waals surface area contributed by atoms with Crippen molar-refractivity contribution in [2.75, 3.05) is 13.1 Å². The van der Waals surface area contributed by atoms with Crippen LogP contribution in [0.4, 0.5) is 0 Å². The van der Waals surface area contributed by atoms with E-state index in [1.165, 1.54) is 25.5 Å². The maximum Gasteiger partial charge on any atom is 0.289 e. The summed E-state index contributed by atoms with van der Waals surface area (Å²) in [6.45, 7) is 3.17. The highest BCUT2D eigenvalue weighted by molar-refractivity contribution is 5.91. The lowest BCUT2D eigenvalue weighted by Crippen LogP contribution is -2.42. The molecular weight excluding hydrogens is 366 g/mol. The number of amides is 1. The number of piperidine rings is 1. The maximum absolute atomic E-state index is 13.3. The smallest absolute Gasteiger partial charge is 0.289 e. The van der Waals surface area contributed by atoms with Gasteiger partial charge in [0.25, 0.3) is 5.91 Å². The Labute approximate surface area is 171 Å². The lowest BCUT2D eigenvalue weighted by Gasteiger charge is -2.31. The van der Waals surface area contributed by atoms with Crippen LogP contribution < -0.4 is 5.49 Å². The summed E-state index contributed by atoms with van der Waals surface area (Å²) >= 11 is 0. The lowest BCUT2D eigenvalue weighted by atomic mass is 9.95. The molecule has 1 saturated carbocycles.